The number of carboxylic acids is 1. The summed E-state index contributed by atoms with van der Waals surface area (Å²) in [6, 6.07) is 6.22. The summed E-state index contributed by atoms with van der Waals surface area (Å²) in [5.74, 6) is -0.834. The Bertz CT molecular complexity index is 537. The summed E-state index contributed by atoms with van der Waals surface area (Å²) in [4.78, 5) is 23.0. The van der Waals surface area contributed by atoms with Gasteiger partial charge in [-0.1, -0.05) is 12.1 Å². The molecule has 0 aliphatic rings. The van der Waals surface area contributed by atoms with Crippen LogP contribution in [0.15, 0.2) is 24.3 Å². The zero-order valence-electron chi connectivity index (χ0n) is 14.4. The third-order valence-corrected chi connectivity index (χ3v) is 2.96. The van der Waals surface area contributed by atoms with E-state index in [1.165, 1.54) is 0 Å². The van der Waals surface area contributed by atoms with Crippen LogP contribution >= 0.6 is 0 Å². The second-order valence-corrected chi connectivity index (χ2v) is 6.34. The van der Waals surface area contributed by atoms with Gasteiger partial charge in [0.2, 0.25) is 0 Å². The van der Waals surface area contributed by atoms with Gasteiger partial charge in [0.25, 0.3) is 0 Å². The maximum atomic E-state index is 11.7. The van der Waals surface area contributed by atoms with Crippen molar-refractivity contribution in [2.24, 2.45) is 5.73 Å². The van der Waals surface area contributed by atoms with E-state index in [0.29, 0.717) is 18.9 Å². The monoisotopic (exact) mass is 338 g/mol. The van der Waals surface area contributed by atoms with Crippen molar-refractivity contribution in [1.29, 1.82) is 0 Å². The molecule has 0 heterocycles. The van der Waals surface area contributed by atoms with Crippen LogP contribution in [0.2, 0.25) is 0 Å². The van der Waals surface area contributed by atoms with Gasteiger partial charge in [-0.3, -0.25) is 14.9 Å². The molecule has 1 rings (SSSR count). The van der Waals surface area contributed by atoms with Crippen molar-refractivity contribution < 1.29 is 24.2 Å². The fourth-order valence-corrected chi connectivity index (χ4v) is 1.97. The third-order valence-electron chi connectivity index (χ3n) is 2.96. The molecule has 7 nitrogen and oxygen atoms in total. The number of hydrogen-bond donors (Lipinski definition) is 3. The maximum absolute atomic E-state index is 11.7. The summed E-state index contributed by atoms with van der Waals surface area (Å²) in [5.41, 5.74) is 5.58. The van der Waals surface area contributed by atoms with Crippen LogP contribution < -0.4 is 15.8 Å². The first kappa shape index (κ1) is 19.9. The second kappa shape index (κ2) is 9.24. The van der Waals surface area contributed by atoms with Gasteiger partial charge < -0.3 is 20.3 Å². The van der Waals surface area contributed by atoms with Crippen LogP contribution in [-0.2, 0) is 20.7 Å². The molecule has 0 aliphatic heterocycles. The van der Waals surface area contributed by atoms with E-state index in [4.69, 9.17) is 15.2 Å². The van der Waals surface area contributed by atoms with Gasteiger partial charge in [0.1, 0.15) is 24.0 Å². The number of rotatable bonds is 9. The number of nitrogens with one attached hydrogen (secondary N) is 1. The van der Waals surface area contributed by atoms with Crippen LogP contribution in [0.3, 0.4) is 0 Å². The van der Waals surface area contributed by atoms with E-state index in [1.54, 1.807) is 45.0 Å². The molecule has 0 aliphatic carbocycles. The predicted octanol–water partition coefficient (Wildman–Crippen LogP) is 0.951. The molecule has 0 bridgehead atoms. The summed E-state index contributed by atoms with van der Waals surface area (Å²) >= 11 is 0. The zero-order chi connectivity index (χ0) is 18.2. The molecular weight excluding hydrogens is 312 g/mol. The van der Waals surface area contributed by atoms with Crippen molar-refractivity contribution in [1.82, 2.24) is 5.32 Å². The Hall–Kier alpha value is -2.12. The SMILES string of the molecule is CC(C)(C)OC(=O)CNC(Cc1ccc(OCCN)cc1)C(=O)O. The van der Waals surface area contributed by atoms with Crippen LogP contribution in [0.25, 0.3) is 0 Å². The highest BCUT2D eigenvalue weighted by Gasteiger charge is 2.21. The van der Waals surface area contributed by atoms with Gasteiger partial charge in [0, 0.05) is 6.54 Å². The number of aliphatic carboxylic acids is 1. The number of carboxylic acid groups (broad SMARTS) is 1. The fourth-order valence-electron chi connectivity index (χ4n) is 1.97. The molecule has 1 atom stereocenters. The van der Waals surface area contributed by atoms with Crippen molar-refractivity contribution in [3.05, 3.63) is 29.8 Å². The highest BCUT2D eigenvalue weighted by molar-refractivity contribution is 5.76. The fraction of sp³-hybridized carbons (Fsp3) is 0.529. The maximum Gasteiger partial charge on any atom is 0.321 e. The van der Waals surface area contributed by atoms with Crippen LogP contribution in [0.5, 0.6) is 5.75 Å². The molecular formula is C17H26N2O5. The molecule has 134 valence electrons. The van der Waals surface area contributed by atoms with E-state index >= 15 is 0 Å². The van der Waals surface area contributed by atoms with Crippen LogP contribution in [0.1, 0.15) is 26.3 Å². The summed E-state index contributed by atoms with van der Waals surface area (Å²) < 4.78 is 10.5. The Morgan fingerprint density at radius 3 is 2.38 bits per heavy atom. The highest BCUT2D eigenvalue weighted by Crippen LogP contribution is 2.13. The molecule has 1 aromatic rings. The standard InChI is InChI=1S/C17H26N2O5/c1-17(2,3)24-15(20)11-19-14(16(21)22)10-12-4-6-13(7-5-12)23-9-8-18/h4-7,14,19H,8-11,18H2,1-3H3,(H,21,22). The number of carbonyl (C=O) groups is 2. The van der Waals surface area contributed by atoms with E-state index < -0.39 is 23.6 Å². The lowest BCUT2D eigenvalue weighted by atomic mass is 10.1. The molecule has 0 amide bonds. The first-order valence-electron chi connectivity index (χ1n) is 7.81. The normalized spacial score (nSPS) is 12.5. The molecule has 0 spiro atoms. The van der Waals surface area contributed by atoms with Crippen molar-refractivity contribution in [3.63, 3.8) is 0 Å². The van der Waals surface area contributed by atoms with Gasteiger partial charge in [-0.15, -0.1) is 0 Å². The summed E-state index contributed by atoms with van der Waals surface area (Å²) in [6.07, 6.45) is 0.245. The van der Waals surface area contributed by atoms with Crippen molar-refractivity contribution in [3.8, 4) is 5.75 Å². The molecule has 24 heavy (non-hydrogen) atoms. The molecule has 0 aromatic heterocycles. The van der Waals surface area contributed by atoms with Gasteiger partial charge in [0.15, 0.2) is 0 Å². The summed E-state index contributed by atoms with van der Waals surface area (Å²) in [5, 5.41) is 12.0. The Morgan fingerprint density at radius 1 is 1.25 bits per heavy atom. The average molecular weight is 338 g/mol. The molecule has 7 heteroatoms. The number of esters is 1. The largest absolute Gasteiger partial charge is 0.492 e. The minimum atomic E-state index is -1.03. The van der Waals surface area contributed by atoms with Crippen molar-refractivity contribution >= 4 is 11.9 Å². The summed E-state index contributed by atoms with van der Waals surface area (Å²) in [6.45, 7) is 5.97. The van der Waals surface area contributed by atoms with Crippen LogP contribution in [-0.4, -0.2) is 48.4 Å². The van der Waals surface area contributed by atoms with E-state index in [1.807, 2.05) is 0 Å². The van der Waals surface area contributed by atoms with Crippen molar-refractivity contribution in [2.45, 2.75) is 38.8 Å². The molecule has 1 unspecified atom stereocenters. The molecule has 4 N–H and O–H groups in total. The van der Waals surface area contributed by atoms with Gasteiger partial charge in [0.05, 0.1) is 6.54 Å². The molecule has 0 radical (unpaired) electrons. The molecule has 0 fully saturated rings. The van der Waals surface area contributed by atoms with Gasteiger partial charge in [-0.25, -0.2) is 0 Å². The van der Waals surface area contributed by atoms with E-state index in [0.717, 1.165) is 5.56 Å². The molecule has 1 aromatic carbocycles. The minimum absolute atomic E-state index is 0.161. The lowest BCUT2D eigenvalue weighted by Crippen LogP contribution is -2.42. The number of nitrogens with two attached hydrogens (primary N) is 1. The number of hydrogen-bond acceptors (Lipinski definition) is 6. The smallest absolute Gasteiger partial charge is 0.321 e. The average Bonchev–Trinajstić information content (AvgIpc) is 2.48. The quantitative estimate of drug-likeness (QED) is 0.575. The Labute approximate surface area is 142 Å². The number of benzene rings is 1. The summed E-state index contributed by atoms with van der Waals surface area (Å²) in [7, 11) is 0. The lowest BCUT2D eigenvalue weighted by Gasteiger charge is -2.21. The Kier molecular flexibility index (Phi) is 7.67. The van der Waals surface area contributed by atoms with Crippen LogP contribution in [0, 0.1) is 0 Å². The van der Waals surface area contributed by atoms with E-state index in [2.05, 4.69) is 5.32 Å². The topological polar surface area (TPSA) is 111 Å². The van der Waals surface area contributed by atoms with E-state index in [9.17, 15) is 14.7 Å². The Morgan fingerprint density at radius 2 is 1.88 bits per heavy atom. The van der Waals surface area contributed by atoms with Gasteiger partial charge >= 0.3 is 11.9 Å². The highest BCUT2D eigenvalue weighted by atomic mass is 16.6. The number of carbonyl (C=O) groups excluding carboxylic acids is 1. The van der Waals surface area contributed by atoms with Crippen LogP contribution in [0.4, 0.5) is 0 Å². The molecule has 0 saturated carbocycles. The van der Waals surface area contributed by atoms with Gasteiger partial charge in [-0.05, 0) is 44.9 Å². The third kappa shape index (κ3) is 7.94. The molecule has 0 saturated heterocycles. The van der Waals surface area contributed by atoms with E-state index in [-0.39, 0.29) is 13.0 Å². The lowest BCUT2D eigenvalue weighted by molar-refractivity contribution is -0.154. The first-order chi connectivity index (χ1) is 11.2. The van der Waals surface area contributed by atoms with Crippen molar-refractivity contribution in [2.75, 3.05) is 19.7 Å². The first-order valence-corrected chi connectivity index (χ1v) is 7.81. The predicted molar refractivity (Wildman–Crippen MR) is 90.0 cm³/mol. The van der Waals surface area contributed by atoms with Gasteiger partial charge in [-0.2, -0.15) is 0 Å². The second-order valence-electron chi connectivity index (χ2n) is 6.34. The number of ether oxygens (including phenoxy) is 2. The minimum Gasteiger partial charge on any atom is -0.492 e. The zero-order valence-corrected chi connectivity index (χ0v) is 14.4. The Balaban J connectivity index is 2.57.